The van der Waals surface area contributed by atoms with Gasteiger partial charge in [-0.25, -0.2) is 4.79 Å². The number of hydrogen-bond donors (Lipinski definition) is 4. The third kappa shape index (κ3) is 3.28. The van der Waals surface area contributed by atoms with Gasteiger partial charge in [0, 0.05) is 23.7 Å². The largest absolute Gasteiger partial charge is 0.393 e. The topological polar surface area (TPSA) is 174 Å². The zero-order chi connectivity index (χ0) is 17.0. The van der Waals surface area contributed by atoms with Crippen molar-refractivity contribution in [2.75, 3.05) is 13.2 Å². The maximum Gasteiger partial charge on any atom is 0.330 e. The predicted octanol–water partition coefficient (Wildman–Crippen LogP) is -1.39. The predicted molar refractivity (Wildman–Crippen MR) is 76.5 cm³/mol. The summed E-state index contributed by atoms with van der Waals surface area (Å²) in [6.45, 7) is -0.468. The fourth-order valence-corrected chi connectivity index (χ4v) is 2.61. The molecule has 0 amide bonds. The van der Waals surface area contributed by atoms with Crippen LogP contribution in [-0.4, -0.2) is 55.8 Å². The summed E-state index contributed by atoms with van der Waals surface area (Å²) in [7, 11) is 0. The van der Waals surface area contributed by atoms with Gasteiger partial charge in [0.1, 0.15) is 17.8 Å². The van der Waals surface area contributed by atoms with Crippen LogP contribution in [0.5, 0.6) is 0 Å². The van der Waals surface area contributed by atoms with E-state index >= 15 is 0 Å². The summed E-state index contributed by atoms with van der Waals surface area (Å²) in [5.41, 5.74) is 5.33. The van der Waals surface area contributed by atoms with Gasteiger partial charge in [-0.3, -0.25) is 14.3 Å². The van der Waals surface area contributed by atoms with E-state index in [4.69, 9.17) is 10.3 Å². The van der Waals surface area contributed by atoms with E-state index in [9.17, 15) is 24.9 Å². The number of azide groups is 1. The van der Waals surface area contributed by atoms with Crippen molar-refractivity contribution >= 4 is 0 Å². The summed E-state index contributed by atoms with van der Waals surface area (Å²) in [4.78, 5) is 27.5. The maximum atomic E-state index is 11.8. The Morgan fingerprint density at radius 1 is 1.48 bits per heavy atom. The van der Waals surface area contributed by atoms with Crippen LogP contribution < -0.4 is 11.2 Å². The molecule has 1 saturated heterocycles. The van der Waals surface area contributed by atoms with Crippen LogP contribution in [0.2, 0.25) is 0 Å². The van der Waals surface area contributed by atoms with E-state index in [1.54, 1.807) is 0 Å². The molecule has 23 heavy (non-hydrogen) atoms. The van der Waals surface area contributed by atoms with Gasteiger partial charge < -0.3 is 20.1 Å². The SMILES string of the molecule is [N-]=[N+]=NCCC[C@]1(CO)O[C@@H](n2ccc(=O)[nH]c2=O)[C@@H](O)C1O. The van der Waals surface area contributed by atoms with E-state index in [0.717, 1.165) is 16.8 Å². The molecule has 4 atom stereocenters. The lowest BCUT2D eigenvalue weighted by atomic mass is 9.91. The Hall–Kier alpha value is -2.17. The first-order chi connectivity index (χ1) is 10.9. The van der Waals surface area contributed by atoms with Crippen molar-refractivity contribution in [1.29, 1.82) is 0 Å². The first-order valence-electron chi connectivity index (χ1n) is 6.92. The normalized spacial score (nSPS) is 30.1. The Balaban J connectivity index is 2.26. The number of aliphatic hydroxyl groups excluding tert-OH is 3. The first kappa shape index (κ1) is 17.2. The number of nitrogens with one attached hydrogen (secondary N) is 1. The van der Waals surface area contributed by atoms with Gasteiger partial charge in [-0.1, -0.05) is 5.11 Å². The highest BCUT2D eigenvalue weighted by atomic mass is 16.6. The molecule has 1 fully saturated rings. The van der Waals surface area contributed by atoms with E-state index in [1.165, 1.54) is 0 Å². The smallest absolute Gasteiger partial charge is 0.330 e. The Bertz CT molecular complexity index is 710. The van der Waals surface area contributed by atoms with Crippen LogP contribution in [0, 0.1) is 0 Å². The van der Waals surface area contributed by atoms with Crippen molar-refractivity contribution in [3.05, 3.63) is 43.5 Å². The van der Waals surface area contributed by atoms with Crippen LogP contribution in [0.4, 0.5) is 0 Å². The Morgan fingerprint density at radius 3 is 2.83 bits per heavy atom. The summed E-state index contributed by atoms with van der Waals surface area (Å²) in [6.07, 6.45) is -2.65. The second kappa shape index (κ2) is 6.94. The van der Waals surface area contributed by atoms with Gasteiger partial charge in [0.05, 0.1) is 6.61 Å². The molecule has 126 valence electrons. The lowest BCUT2D eigenvalue weighted by Gasteiger charge is -2.29. The van der Waals surface area contributed by atoms with Crippen molar-refractivity contribution in [3.63, 3.8) is 0 Å². The Morgan fingerprint density at radius 2 is 2.22 bits per heavy atom. The molecular formula is C12H17N5O6. The van der Waals surface area contributed by atoms with Crippen LogP contribution in [0.1, 0.15) is 19.1 Å². The van der Waals surface area contributed by atoms with Crippen LogP contribution >= 0.6 is 0 Å². The molecule has 1 aromatic heterocycles. The monoisotopic (exact) mass is 327 g/mol. The minimum atomic E-state index is -1.50. The van der Waals surface area contributed by atoms with Gasteiger partial charge in [0.2, 0.25) is 0 Å². The third-order valence-corrected chi connectivity index (χ3v) is 3.82. The van der Waals surface area contributed by atoms with Crippen LogP contribution in [0.25, 0.3) is 10.4 Å². The molecule has 1 aliphatic rings. The van der Waals surface area contributed by atoms with Crippen LogP contribution in [-0.2, 0) is 4.74 Å². The van der Waals surface area contributed by atoms with Crippen molar-refractivity contribution in [2.24, 2.45) is 5.11 Å². The third-order valence-electron chi connectivity index (χ3n) is 3.82. The molecular weight excluding hydrogens is 310 g/mol. The summed E-state index contributed by atoms with van der Waals surface area (Å²) in [6, 6.07) is 1.07. The van der Waals surface area contributed by atoms with Crippen LogP contribution in [0.15, 0.2) is 27.0 Å². The molecule has 0 spiro atoms. The standard InChI is InChI=1S/C12H17N5O6/c13-16-14-4-1-3-12(6-18)9(21)8(20)10(23-12)17-5-2-7(19)15-11(17)22/h2,5,8-10,18,20-21H,1,3-4,6H2,(H,15,19,22)/t8-,9?,10+,12+/m0/s1. The van der Waals surface area contributed by atoms with Gasteiger partial charge in [-0.05, 0) is 18.4 Å². The molecule has 1 aromatic rings. The zero-order valence-electron chi connectivity index (χ0n) is 12.1. The number of rotatable bonds is 6. The number of hydrogen-bond acceptors (Lipinski definition) is 7. The van der Waals surface area contributed by atoms with Crippen molar-refractivity contribution < 1.29 is 20.1 Å². The highest BCUT2D eigenvalue weighted by molar-refractivity contribution is 5.02. The molecule has 0 aliphatic carbocycles. The first-order valence-corrected chi connectivity index (χ1v) is 6.92. The zero-order valence-corrected chi connectivity index (χ0v) is 12.1. The average molecular weight is 327 g/mol. The fourth-order valence-electron chi connectivity index (χ4n) is 2.61. The minimum Gasteiger partial charge on any atom is -0.393 e. The quantitative estimate of drug-likeness (QED) is 0.216. The summed E-state index contributed by atoms with van der Waals surface area (Å²) >= 11 is 0. The number of ether oxygens (including phenoxy) is 1. The number of H-pyrrole nitrogens is 1. The summed E-state index contributed by atoms with van der Waals surface area (Å²) in [5, 5.41) is 33.3. The molecule has 11 heteroatoms. The Labute approximate surface area is 129 Å². The highest BCUT2D eigenvalue weighted by Gasteiger charge is 2.54. The van der Waals surface area contributed by atoms with E-state index in [2.05, 4.69) is 10.0 Å². The molecule has 0 aromatic carbocycles. The van der Waals surface area contributed by atoms with E-state index < -0.39 is 41.9 Å². The lowest BCUT2D eigenvalue weighted by molar-refractivity contribution is -0.133. The number of aromatic nitrogens is 2. The fraction of sp³-hybridized carbons (Fsp3) is 0.667. The molecule has 1 aliphatic heterocycles. The van der Waals surface area contributed by atoms with Gasteiger partial charge in [0.15, 0.2) is 6.23 Å². The maximum absolute atomic E-state index is 11.8. The molecule has 0 radical (unpaired) electrons. The van der Waals surface area contributed by atoms with Crippen molar-refractivity contribution in [1.82, 2.24) is 9.55 Å². The minimum absolute atomic E-state index is 0.106. The van der Waals surface area contributed by atoms with E-state index in [-0.39, 0.29) is 13.0 Å². The molecule has 2 rings (SSSR count). The van der Waals surface area contributed by atoms with Gasteiger partial charge >= 0.3 is 5.69 Å². The van der Waals surface area contributed by atoms with Crippen molar-refractivity contribution in [3.8, 4) is 0 Å². The molecule has 1 unspecified atom stereocenters. The average Bonchev–Trinajstić information content (AvgIpc) is 2.77. The molecule has 11 nitrogen and oxygen atoms in total. The van der Waals surface area contributed by atoms with Crippen molar-refractivity contribution in [2.45, 2.75) is 36.9 Å². The van der Waals surface area contributed by atoms with Crippen LogP contribution in [0.3, 0.4) is 0 Å². The second-order valence-electron chi connectivity index (χ2n) is 5.24. The number of aromatic amines is 1. The molecule has 0 bridgehead atoms. The summed E-state index contributed by atoms with van der Waals surface area (Å²) < 4.78 is 6.50. The highest BCUT2D eigenvalue weighted by Crippen LogP contribution is 2.39. The van der Waals surface area contributed by atoms with E-state index in [1.807, 2.05) is 4.98 Å². The van der Waals surface area contributed by atoms with Gasteiger partial charge in [-0.15, -0.1) is 0 Å². The lowest BCUT2D eigenvalue weighted by Crippen LogP contribution is -2.46. The van der Waals surface area contributed by atoms with Gasteiger partial charge in [-0.2, -0.15) is 0 Å². The molecule has 0 saturated carbocycles. The number of nitrogens with zero attached hydrogens (tertiary/aromatic N) is 4. The molecule has 4 N–H and O–H groups in total. The summed E-state index contributed by atoms with van der Waals surface area (Å²) in [5.74, 6) is 0. The number of aliphatic hydroxyl groups is 3. The van der Waals surface area contributed by atoms with E-state index in [0.29, 0.717) is 6.42 Å². The van der Waals surface area contributed by atoms with Gasteiger partial charge in [0.25, 0.3) is 5.56 Å². The Kier molecular flexibility index (Phi) is 5.19. The second-order valence-corrected chi connectivity index (χ2v) is 5.24. The molecule has 2 heterocycles.